The molecule has 1 heterocycles. The number of benzene rings is 2. The van der Waals surface area contributed by atoms with Crippen molar-refractivity contribution < 1.29 is 28.2 Å². The fraction of sp³-hybridized carbons (Fsp3) is 0.0588. The highest BCUT2D eigenvalue weighted by Crippen LogP contribution is 2.28. The van der Waals surface area contributed by atoms with Gasteiger partial charge in [-0.05, 0) is 31.2 Å². The molecule has 0 radical (unpaired) electrons. The van der Waals surface area contributed by atoms with Gasteiger partial charge in [-0.2, -0.15) is 0 Å². The van der Waals surface area contributed by atoms with Crippen LogP contribution in [0.2, 0.25) is 0 Å². The number of phenols is 1. The number of nitrogens with zero attached hydrogens (tertiary/aromatic N) is 1. The van der Waals surface area contributed by atoms with Crippen LogP contribution in [-0.2, 0) is 0 Å². The van der Waals surface area contributed by atoms with Gasteiger partial charge in [0.15, 0.2) is 17.5 Å². The van der Waals surface area contributed by atoms with Crippen LogP contribution >= 0.6 is 0 Å². The van der Waals surface area contributed by atoms with Gasteiger partial charge in [-0.1, -0.05) is 0 Å². The predicted octanol–water partition coefficient (Wildman–Crippen LogP) is 3.12. The summed E-state index contributed by atoms with van der Waals surface area (Å²) in [7, 11) is 0. The minimum Gasteiger partial charge on any atom is -0.508 e. The second-order valence-electron chi connectivity index (χ2n) is 5.35. The van der Waals surface area contributed by atoms with Crippen LogP contribution < -0.4 is 5.43 Å². The Labute approximate surface area is 138 Å². The number of carboxylic acid groups (broad SMARTS) is 1. The van der Waals surface area contributed by atoms with E-state index in [1.807, 2.05) is 0 Å². The molecule has 0 spiro atoms. The fourth-order valence-corrected chi connectivity index (χ4v) is 2.62. The maximum Gasteiger partial charge on any atom is 0.341 e. The third kappa shape index (κ3) is 2.42. The maximum absolute atomic E-state index is 14.4. The van der Waals surface area contributed by atoms with Crippen molar-refractivity contribution >= 4 is 16.9 Å². The lowest BCUT2D eigenvalue weighted by molar-refractivity contribution is 0.0695. The molecule has 0 aliphatic heterocycles. The lowest BCUT2D eigenvalue weighted by Crippen LogP contribution is -2.21. The zero-order valence-corrected chi connectivity index (χ0v) is 12.7. The molecule has 0 fully saturated rings. The van der Waals surface area contributed by atoms with Gasteiger partial charge in [0.2, 0.25) is 5.43 Å². The number of aromatic carboxylic acids is 1. The first-order valence-corrected chi connectivity index (χ1v) is 6.99. The molecule has 2 aromatic carbocycles. The average molecular weight is 349 g/mol. The number of hydrogen-bond donors (Lipinski definition) is 2. The largest absolute Gasteiger partial charge is 0.508 e. The Hall–Kier alpha value is -3.29. The lowest BCUT2D eigenvalue weighted by Gasteiger charge is -2.15. The Morgan fingerprint density at radius 2 is 1.64 bits per heavy atom. The number of fused-ring (bicyclic) bond motifs is 1. The number of halogens is 3. The monoisotopic (exact) mass is 349 g/mol. The molecule has 3 rings (SSSR count). The van der Waals surface area contributed by atoms with Crippen LogP contribution in [0.4, 0.5) is 13.2 Å². The molecule has 8 heteroatoms. The minimum absolute atomic E-state index is 0.110. The number of aromatic nitrogens is 1. The lowest BCUT2D eigenvalue weighted by atomic mass is 10.0. The first kappa shape index (κ1) is 16.6. The van der Waals surface area contributed by atoms with Gasteiger partial charge < -0.3 is 14.8 Å². The van der Waals surface area contributed by atoms with Gasteiger partial charge in [0.1, 0.15) is 11.3 Å². The van der Waals surface area contributed by atoms with E-state index in [2.05, 4.69) is 0 Å². The second kappa shape index (κ2) is 5.66. The van der Waals surface area contributed by atoms with Gasteiger partial charge in [0.25, 0.3) is 0 Å². The summed E-state index contributed by atoms with van der Waals surface area (Å²) in [5.74, 6) is -6.63. The first-order chi connectivity index (χ1) is 11.7. The van der Waals surface area contributed by atoms with Gasteiger partial charge in [-0.15, -0.1) is 0 Å². The molecule has 3 aromatic rings. The van der Waals surface area contributed by atoms with Crippen LogP contribution in [0.3, 0.4) is 0 Å². The van der Waals surface area contributed by atoms with Crippen LogP contribution in [0.15, 0.2) is 35.3 Å². The summed E-state index contributed by atoms with van der Waals surface area (Å²) < 4.78 is 43.1. The Balaban J connectivity index is 2.60. The first-order valence-electron chi connectivity index (χ1n) is 6.99. The summed E-state index contributed by atoms with van der Waals surface area (Å²) in [4.78, 5) is 23.7. The van der Waals surface area contributed by atoms with E-state index in [1.54, 1.807) is 0 Å². The zero-order valence-electron chi connectivity index (χ0n) is 12.7. The molecule has 0 aliphatic carbocycles. The van der Waals surface area contributed by atoms with Crippen molar-refractivity contribution in [1.82, 2.24) is 4.57 Å². The van der Waals surface area contributed by atoms with E-state index in [4.69, 9.17) is 0 Å². The molecule has 0 saturated carbocycles. The van der Waals surface area contributed by atoms with Crippen molar-refractivity contribution in [3.05, 3.63) is 69.3 Å². The third-order valence-corrected chi connectivity index (χ3v) is 3.86. The third-order valence-electron chi connectivity index (χ3n) is 3.86. The zero-order chi connectivity index (χ0) is 18.5. The van der Waals surface area contributed by atoms with Crippen LogP contribution in [0.1, 0.15) is 15.9 Å². The Kier molecular flexibility index (Phi) is 3.75. The highest BCUT2D eigenvalue weighted by atomic mass is 19.2. The summed E-state index contributed by atoms with van der Waals surface area (Å²) in [6.45, 7) is 1.06. The van der Waals surface area contributed by atoms with E-state index in [0.29, 0.717) is 0 Å². The summed E-state index contributed by atoms with van der Waals surface area (Å²) >= 11 is 0. The molecular weight excluding hydrogens is 339 g/mol. The quantitative estimate of drug-likeness (QED) is 0.697. The van der Waals surface area contributed by atoms with Crippen molar-refractivity contribution in [2.75, 3.05) is 0 Å². The molecule has 25 heavy (non-hydrogen) atoms. The maximum atomic E-state index is 14.4. The van der Waals surface area contributed by atoms with E-state index in [0.717, 1.165) is 17.7 Å². The molecule has 1 aromatic heterocycles. The predicted molar refractivity (Wildman–Crippen MR) is 82.8 cm³/mol. The smallest absolute Gasteiger partial charge is 0.341 e. The summed E-state index contributed by atoms with van der Waals surface area (Å²) in [5.41, 5.74) is -2.77. The number of rotatable bonds is 2. The molecule has 2 N–H and O–H groups in total. The number of hydrogen-bond acceptors (Lipinski definition) is 3. The molecule has 0 atom stereocenters. The fourth-order valence-electron chi connectivity index (χ4n) is 2.62. The van der Waals surface area contributed by atoms with Gasteiger partial charge >= 0.3 is 5.97 Å². The van der Waals surface area contributed by atoms with Crippen molar-refractivity contribution in [3.63, 3.8) is 0 Å². The molecule has 0 aliphatic rings. The summed E-state index contributed by atoms with van der Waals surface area (Å²) in [6, 6.07) is 5.09. The second-order valence-corrected chi connectivity index (χ2v) is 5.35. The van der Waals surface area contributed by atoms with Crippen LogP contribution in [0.5, 0.6) is 5.75 Å². The van der Waals surface area contributed by atoms with E-state index in [9.17, 15) is 33.0 Å². The highest BCUT2D eigenvalue weighted by Gasteiger charge is 2.25. The molecule has 5 nitrogen and oxygen atoms in total. The topological polar surface area (TPSA) is 79.5 Å². The molecule has 128 valence electrons. The SMILES string of the molecule is Cc1c(F)c(F)c(F)c2c1c(=O)c(C(=O)O)cn2-c1ccc(O)cc1. The van der Waals surface area contributed by atoms with Crippen molar-refractivity contribution in [1.29, 1.82) is 0 Å². The Morgan fingerprint density at radius 3 is 2.20 bits per heavy atom. The summed E-state index contributed by atoms with van der Waals surface area (Å²) in [5, 5.41) is 18.0. The van der Waals surface area contributed by atoms with Gasteiger partial charge in [-0.3, -0.25) is 4.79 Å². The molecule has 0 saturated heterocycles. The molecule has 0 bridgehead atoms. The van der Waals surface area contributed by atoms with E-state index < -0.39 is 50.9 Å². The van der Waals surface area contributed by atoms with Crippen LogP contribution in [-0.4, -0.2) is 20.7 Å². The number of pyridine rings is 1. The molecule has 0 unspecified atom stereocenters. The average Bonchev–Trinajstić information content (AvgIpc) is 2.58. The Morgan fingerprint density at radius 1 is 1.04 bits per heavy atom. The van der Waals surface area contributed by atoms with Gasteiger partial charge in [0.05, 0.1) is 10.9 Å². The molecular formula is C17H10F3NO4. The highest BCUT2D eigenvalue weighted by molar-refractivity contribution is 5.94. The van der Waals surface area contributed by atoms with E-state index in [-0.39, 0.29) is 11.4 Å². The van der Waals surface area contributed by atoms with E-state index >= 15 is 0 Å². The van der Waals surface area contributed by atoms with Crippen molar-refractivity contribution in [2.45, 2.75) is 6.92 Å². The van der Waals surface area contributed by atoms with Crippen molar-refractivity contribution in [2.24, 2.45) is 0 Å². The van der Waals surface area contributed by atoms with Crippen LogP contribution in [0.25, 0.3) is 16.6 Å². The van der Waals surface area contributed by atoms with E-state index in [1.165, 1.54) is 24.3 Å². The number of aryl methyl sites for hydroxylation is 1. The van der Waals surface area contributed by atoms with Gasteiger partial charge in [0, 0.05) is 17.4 Å². The Bertz CT molecular complexity index is 1090. The number of carboxylic acids is 1. The number of phenolic OH excluding ortho intramolecular Hbond substituents is 1. The van der Waals surface area contributed by atoms with Crippen molar-refractivity contribution in [3.8, 4) is 11.4 Å². The number of carbonyl (C=O) groups is 1. The van der Waals surface area contributed by atoms with Gasteiger partial charge in [-0.25, -0.2) is 18.0 Å². The number of aromatic hydroxyl groups is 1. The minimum atomic E-state index is -1.76. The van der Waals surface area contributed by atoms with Crippen LogP contribution in [0, 0.1) is 24.4 Å². The standard InChI is InChI=1S/C17H10F3NO4/c1-7-11-15(14(20)13(19)12(7)18)21(6-10(16(11)23)17(24)25)8-2-4-9(22)5-3-8/h2-6,22H,1H3,(H,24,25). The summed E-state index contributed by atoms with van der Waals surface area (Å²) in [6.07, 6.45) is 0.833. The normalized spacial score (nSPS) is 11.0. The molecule has 0 amide bonds.